The summed E-state index contributed by atoms with van der Waals surface area (Å²) >= 11 is 0. The molecule has 0 saturated heterocycles. The van der Waals surface area contributed by atoms with Crippen molar-refractivity contribution in [3.63, 3.8) is 0 Å². The predicted molar refractivity (Wildman–Crippen MR) is 99.0 cm³/mol. The Kier molecular flexibility index (Phi) is 7.25. The van der Waals surface area contributed by atoms with Crippen LogP contribution in [0.5, 0.6) is 0 Å². The lowest BCUT2D eigenvalue weighted by Gasteiger charge is -2.29. The minimum absolute atomic E-state index is 0.00166. The summed E-state index contributed by atoms with van der Waals surface area (Å²) in [4.78, 5) is 26.1. The number of urea groups is 1. The molecule has 1 heterocycles. The van der Waals surface area contributed by atoms with E-state index in [-0.39, 0.29) is 24.4 Å². The second-order valence-electron chi connectivity index (χ2n) is 7.05. The molecule has 6 heteroatoms. The summed E-state index contributed by atoms with van der Waals surface area (Å²) in [5.74, 6) is 0.413. The van der Waals surface area contributed by atoms with Gasteiger partial charge >= 0.3 is 6.03 Å². The molecule has 1 aromatic rings. The van der Waals surface area contributed by atoms with Crippen molar-refractivity contribution >= 4 is 11.9 Å². The van der Waals surface area contributed by atoms with Crippen molar-refractivity contribution in [1.82, 2.24) is 15.5 Å². The highest BCUT2D eigenvalue weighted by Gasteiger charge is 2.20. The Hall–Kier alpha value is -2.08. The van der Waals surface area contributed by atoms with Gasteiger partial charge in [0.25, 0.3) is 0 Å². The van der Waals surface area contributed by atoms with E-state index < -0.39 is 0 Å². The number of nitrogens with zero attached hydrogens (tertiary/aromatic N) is 1. The number of carbonyl (C=O) groups excluding carboxylic acids is 2. The van der Waals surface area contributed by atoms with Crippen LogP contribution in [-0.2, 0) is 17.8 Å². The first-order valence-corrected chi connectivity index (χ1v) is 9.08. The number of hydrogen-bond acceptors (Lipinski definition) is 3. The molecule has 1 aromatic carbocycles. The zero-order chi connectivity index (χ0) is 18.2. The van der Waals surface area contributed by atoms with Crippen LogP contribution >= 0.6 is 0 Å². The van der Waals surface area contributed by atoms with Gasteiger partial charge in [0, 0.05) is 38.6 Å². The average Bonchev–Trinajstić information content (AvgIpc) is 2.60. The smallest absolute Gasteiger partial charge is 0.317 e. The Morgan fingerprint density at radius 3 is 2.64 bits per heavy atom. The number of nitrogens with two attached hydrogens (primary N) is 1. The molecule has 0 bridgehead atoms. The summed E-state index contributed by atoms with van der Waals surface area (Å²) in [6, 6.07) is 8.09. The average molecular weight is 346 g/mol. The van der Waals surface area contributed by atoms with Crippen molar-refractivity contribution < 1.29 is 9.59 Å². The molecular weight excluding hydrogens is 316 g/mol. The molecule has 0 saturated carbocycles. The molecule has 138 valence electrons. The van der Waals surface area contributed by atoms with Gasteiger partial charge in [0.1, 0.15) is 0 Å². The van der Waals surface area contributed by atoms with Gasteiger partial charge in [-0.3, -0.25) is 4.79 Å². The van der Waals surface area contributed by atoms with Crippen LogP contribution in [0.4, 0.5) is 4.79 Å². The summed E-state index contributed by atoms with van der Waals surface area (Å²) in [6.07, 6.45) is 2.00. The van der Waals surface area contributed by atoms with E-state index in [1.807, 2.05) is 12.1 Å². The third-order valence-electron chi connectivity index (χ3n) is 4.45. The Balaban J connectivity index is 1.71. The summed E-state index contributed by atoms with van der Waals surface area (Å²) < 4.78 is 0. The van der Waals surface area contributed by atoms with E-state index in [1.54, 1.807) is 4.90 Å². The van der Waals surface area contributed by atoms with Crippen molar-refractivity contribution in [2.45, 2.75) is 45.7 Å². The molecule has 1 aliphatic rings. The molecule has 0 fully saturated rings. The first-order valence-electron chi connectivity index (χ1n) is 9.08. The quantitative estimate of drug-likeness (QED) is 0.701. The van der Waals surface area contributed by atoms with Crippen molar-refractivity contribution in [1.29, 1.82) is 0 Å². The van der Waals surface area contributed by atoms with Crippen LogP contribution in [0, 0.1) is 5.92 Å². The largest absolute Gasteiger partial charge is 0.352 e. The molecule has 1 unspecified atom stereocenters. The van der Waals surface area contributed by atoms with Gasteiger partial charge < -0.3 is 21.3 Å². The molecule has 3 amide bonds. The lowest BCUT2D eigenvalue weighted by Crippen LogP contribution is -2.45. The van der Waals surface area contributed by atoms with Gasteiger partial charge in [-0.15, -0.1) is 0 Å². The topological polar surface area (TPSA) is 87.5 Å². The van der Waals surface area contributed by atoms with Crippen LogP contribution < -0.4 is 16.4 Å². The molecule has 6 nitrogen and oxygen atoms in total. The minimum atomic E-state index is -0.111. The van der Waals surface area contributed by atoms with Crippen LogP contribution in [0.1, 0.15) is 37.8 Å². The number of nitrogens with one attached hydrogen (secondary N) is 2. The van der Waals surface area contributed by atoms with Gasteiger partial charge in [-0.2, -0.15) is 0 Å². The first-order chi connectivity index (χ1) is 12.0. The fourth-order valence-electron chi connectivity index (χ4n) is 3.15. The fraction of sp³-hybridized carbons (Fsp3) is 0.579. The van der Waals surface area contributed by atoms with Crippen LogP contribution in [0.15, 0.2) is 24.3 Å². The number of hydrogen-bond donors (Lipinski definition) is 3. The van der Waals surface area contributed by atoms with Gasteiger partial charge in [0.15, 0.2) is 0 Å². The molecule has 0 aliphatic carbocycles. The second-order valence-corrected chi connectivity index (χ2v) is 7.05. The Labute approximate surface area is 150 Å². The van der Waals surface area contributed by atoms with E-state index in [1.165, 1.54) is 11.1 Å². The molecule has 0 spiro atoms. The van der Waals surface area contributed by atoms with E-state index >= 15 is 0 Å². The SMILES string of the molecule is CC(C)CC(CN)NC(=O)CCNC(=O)N1CCc2ccccc2C1. The molecule has 1 aliphatic heterocycles. The van der Waals surface area contributed by atoms with Crippen LogP contribution in [0.3, 0.4) is 0 Å². The van der Waals surface area contributed by atoms with Gasteiger partial charge in [-0.25, -0.2) is 4.79 Å². The van der Waals surface area contributed by atoms with Gasteiger partial charge in [0.2, 0.25) is 5.91 Å². The Bertz CT molecular complexity index is 589. The zero-order valence-corrected chi connectivity index (χ0v) is 15.3. The first kappa shape index (κ1) is 19.2. The maximum absolute atomic E-state index is 12.3. The molecule has 1 atom stereocenters. The second kappa shape index (κ2) is 9.42. The number of rotatable bonds is 7. The molecular formula is C19H30N4O2. The number of carbonyl (C=O) groups is 2. The maximum Gasteiger partial charge on any atom is 0.317 e. The highest BCUT2D eigenvalue weighted by Crippen LogP contribution is 2.18. The van der Waals surface area contributed by atoms with Crippen LogP contribution in [-0.4, -0.2) is 42.5 Å². The zero-order valence-electron chi connectivity index (χ0n) is 15.3. The number of benzene rings is 1. The van der Waals surface area contributed by atoms with Gasteiger partial charge in [-0.1, -0.05) is 38.1 Å². The highest BCUT2D eigenvalue weighted by molar-refractivity contribution is 5.78. The summed E-state index contributed by atoms with van der Waals surface area (Å²) in [5.41, 5.74) is 8.20. The van der Waals surface area contributed by atoms with Crippen molar-refractivity contribution in [3.8, 4) is 0 Å². The summed E-state index contributed by atoms with van der Waals surface area (Å²) in [7, 11) is 0. The van der Waals surface area contributed by atoms with Crippen molar-refractivity contribution in [2.75, 3.05) is 19.6 Å². The van der Waals surface area contributed by atoms with Crippen LogP contribution in [0.25, 0.3) is 0 Å². The predicted octanol–water partition coefficient (Wildman–Crippen LogP) is 1.63. The summed E-state index contributed by atoms with van der Waals surface area (Å²) in [6.45, 7) is 6.30. The van der Waals surface area contributed by atoms with E-state index in [0.29, 0.717) is 32.1 Å². The van der Waals surface area contributed by atoms with Crippen molar-refractivity contribution in [2.24, 2.45) is 11.7 Å². The maximum atomic E-state index is 12.3. The molecule has 2 rings (SSSR count). The third kappa shape index (κ3) is 6.05. The normalized spacial score (nSPS) is 14.8. The monoisotopic (exact) mass is 346 g/mol. The Morgan fingerprint density at radius 2 is 1.96 bits per heavy atom. The van der Waals surface area contributed by atoms with E-state index in [0.717, 1.165) is 12.8 Å². The third-order valence-corrected chi connectivity index (χ3v) is 4.45. The van der Waals surface area contributed by atoms with Crippen LogP contribution in [0.2, 0.25) is 0 Å². The van der Waals surface area contributed by atoms with E-state index in [9.17, 15) is 9.59 Å². The summed E-state index contributed by atoms with van der Waals surface area (Å²) in [5, 5.41) is 5.78. The lowest BCUT2D eigenvalue weighted by atomic mass is 10.0. The van der Waals surface area contributed by atoms with Crippen molar-refractivity contribution in [3.05, 3.63) is 35.4 Å². The fourth-order valence-corrected chi connectivity index (χ4v) is 3.15. The van der Waals surface area contributed by atoms with E-state index in [4.69, 9.17) is 5.73 Å². The molecule has 0 radical (unpaired) electrons. The molecule has 25 heavy (non-hydrogen) atoms. The minimum Gasteiger partial charge on any atom is -0.352 e. The highest BCUT2D eigenvalue weighted by atomic mass is 16.2. The Morgan fingerprint density at radius 1 is 1.24 bits per heavy atom. The standard InChI is InChI=1S/C19H30N4O2/c1-14(2)11-17(12-20)22-18(24)7-9-21-19(25)23-10-8-15-5-3-4-6-16(15)13-23/h3-6,14,17H,7-13,20H2,1-2H3,(H,21,25)(H,22,24). The lowest BCUT2D eigenvalue weighted by molar-refractivity contribution is -0.121. The number of amides is 3. The number of fused-ring (bicyclic) bond motifs is 1. The van der Waals surface area contributed by atoms with Gasteiger partial charge in [-0.05, 0) is 29.9 Å². The molecule has 4 N–H and O–H groups in total. The van der Waals surface area contributed by atoms with E-state index in [2.05, 4.69) is 36.6 Å². The molecule has 0 aromatic heterocycles. The van der Waals surface area contributed by atoms with Gasteiger partial charge in [0.05, 0.1) is 0 Å².